The summed E-state index contributed by atoms with van der Waals surface area (Å²) in [5.74, 6) is -16.3. The minimum Gasteiger partial charge on any atom is -0.300 e. The van der Waals surface area contributed by atoms with Crippen LogP contribution < -0.4 is 0 Å². The molecular weight excluding hydrogens is 317 g/mol. The lowest BCUT2D eigenvalue weighted by Gasteiger charge is -2.32. The summed E-state index contributed by atoms with van der Waals surface area (Å²) in [5, 5.41) is -1.57. The van der Waals surface area contributed by atoms with Gasteiger partial charge in [0.2, 0.25) is 0 Å². The zero-order valence-electron chi connectivity index (χ0n) is 10.4. The largest absolute Gasteiger partial charge is 0.459 e. The summed E-state index contributed by atoms with van der Waals surface area (Å²) in [5.41, 5.74) is 0. The first-order valence-electron chi connectivity index (χ1n) is 5.27. The zero-order chi connectivity index (χ0) is 16.4. The van der Waals surface area contributed by atoms with Crippen LogP contribution in [0, 0.1) is 5.92 Å². The molecule has 0 radical (unpaired) electrons. The maximum atomic E-state index is 13.4. The van der Waals surface area contributed by atoms with Gasteiger partial charge in [-0.2, -0.15) is 30.7 Å². The molecule has 0 aliphatic carbocycles. The number of hydrogen-bond acceptors (Lipinski definition) is 3. The van der Waals surface area contributed by atoms with Crippen LogP contribution in [0.2, 0.25) is 0 Å². The van der Waals surface area contributed by atoms with Gasteiger partial charge in [-0.05, 0) is 12.7 Å². The van der Waals surface area contributed by atoms with Crippen LogP contribution in [0.25, 0.3) is 0 Å². The quantitative estimate of drug-likeness (QED) is 0.697. The summed E-state index contributed by atoms with van der Waals surface area (Å²) in [6.45, 7) is 2.05. The van der Waals surface area contributed by atoms with Gasteiger partial charge in [-0.1, -0.05) is 18.7 Å². The number of alkyl halides is 7. The molecule has 0 N–H and O–H groups in total. The highest BCUT2D eigenvalue weighted by molar-refractivity contribution is 8.13. The Kier molecular flexibility index (Phi) is 6.06. The number of carbonyl (C=O) groups is 2. The SMILES string of the molecule is CCSC(=O)[C@@H](CC(C)=O)C(F)(F)C(F)(F)C(F)(F)F. The van der Waals surface area contributed by atoms with E-state index in [1.54, 1.807) is 0 Å². The van der Waals surface area contributed by atoms with E-state index in [1.807, 2.05) is 0 Å². The van der Waals surface area contributed by atoms with Crippen molar-refractivity contribution in [3.05, 3.63) is 0 Å². The molecule has 0 fully saturated rings. The smallest absolute Gasteiger partial charge is 0.300 e. The second-order valence-electron chi connectivity index (χ2n) is 3.91. The standard InChI is InChI=1S/C10H11F7O2S/c1-3-20-7(19)6(4-5(2)18)8(11,12)9(13,14)10(15,16)17/h6H,3-4H2,1-2H3/t6-/m1/s1. The lowest BCUT2D eigenvalue weighted by Crippen LogP contribution is -2.57. The second-order valence-corrected chi connectivity index (χ2v) is 5.17. The molecule has 0 saturated carbocycles. The lowest BCUT2D eigenvalue weighted by atomic mass is 9.92. The highest BCUT2D eigenvalue weighted by Gasteiger charge is 2.76. The monoisotopic (exact) mass is 328 g/mol. The Bertz CT molecular complexity index is 378. The molecule has 10 heteroatoms. The normalized spacial score (nSPS) is 15.1. The highest BCUT2D eigenvalue weighted by atomic mass is 32.2. The Balaban J connectivity index is 5.64. The predicted molar refractivity (Wildman–Crippen MR) is 57.9 cm³/mol. The Morgan fingerprint density at radius 1 is 1.05 bits per heavy atom. The van der Waals surface area contributed by atoms with Crippen LogP contribution in [0.5, 0.6) is 0 Å². The van der Waals surface area contributed by atoms with Gasteiger partial charge in [0.15, 0.2) is 5.12 Å². The summed E-state index contributed by atoms with van der Waals surface area (Å²) < 4.78 is 88.7. The fraction of sp³-hybridized carbons (Fsp3) is 0.800. The third-order valence-corrected chi connectivity index (χ3v) is 3.13. The van der Waals surface area contributed by atoms with Gasteiger partial charge in [-0.3, -0.25) is 9.59 Å². The molecular formula is C10H11F7O2S. The molecule has 0 rings (SSSR count). The van der Waals surface area contributed by atoms with Crippen molar-refractivity contribution in [3.63, 3.8) is 0 Å². The van der Waals surface area contributed by atoms with Crippen molar-refractivity contribution < 1.29 is 40.3 Å². The van der Waals surface area contributed by atoms with Crippen LogP contribution in [0.3, 0.4) is 0 Å². The molecule has 0 saturated heterocycles. The van der Waals surface area contributed by atoms with E-state index in [1.165, 1.54) is 6.92 Å². The van der Waals surface area contributed by atoms with Crippen LogP contribution in [0.15, 0.2) is 0 Å². The van der Waals surface area contributed by atoms with Crippen molar-refractivity contribution in [2.45, 2.75) is 38.3 Å². The van der Waals surface area contributed by atoms with E-state index in [-0.39, 0.29) is 17.5 Å². The van der Waals surface area contributed by atoms with E-state index in [0.717, 1.165) is 6.92 Å². The number of rotatable bonds is 6. The number of thioether (sulfide) groups is 1. The van der Waals surface area contributed by atoms with E-state index in [2.05, 4.69) is 0 Å². The number of Topliss-reactive ketones (excluding diaryl/α,β-unsaturated/α-hetero) is 1. The van der Waals surface area contributed by atoms with Crippen LogP contribution in [-0.4, -0.2) is 34.7 Å². The van der Waals surface area contributed by atoms with E-state index < -0.39 is 41.3 Å². The van der Waals surface area contributed by atoms with Crippen molar-refractivity contribution >= 4 is 22.7 Å². The summed E-state index contributed by atoms with van der Waals surface area (Å²) >= 11 is 0.163. The van der Waals surface area contributed by atoms with E-state index in [9.17, 15) is 40.3 Å². The first-order valence-corrected chi connectivity index (χ1v) is 6.26. The molecule has 0 aromatic rings. The van der Waals surface area contributed by atoms with Crippen molar-refractivity contribution in [2.75, 3.05) is 5.75 Å². The van der Waals surface area contributed by atoms with Gasteiger partial charge >= 0.3 is 18.0 Å². The van der Waals surface area contributed by atoms with Gasteiger partial charge in [0, 0.05) is 6.42 Å². The minimum atomic E-state index is -6.53. The van der Waals surface area contributed by atoms with Gasteiger partial charge in [0.05, 0.1) is 0 Å². The molecule has 1 atom stereocenters. The molecule has 0 unspecified atom stereocenters. The van der Waals surface area contributed by atoms with E-state index in [0.29, 0.717) is 0 Å². The third kappa shape index (κ3) is 3.86. The van der Waals surface area contributed by atoms with Crippen LogP contribution in [0.4, 0.5) is 30.7 Å². The summed E-state index contributed by atoms with van der Waals surface area (Å²) in [4.78, 5) is 22.1. The molecule has 0 aromatic carbocycles. The number of ketones is 1. The number of hydrogen-bond donors (Lipinski definition) is 0. The molecule has 0 amide bonds. The van der Waals surface area contributed by atoms with Gasteiger partial charge in [-0.25, -0.2) is 0 Å². The average Bonchev–Trinajstić information content (AvgIpc) is 2.23. The van der Waals surface area contributed by atoms with Gasteiger partial charge in [-0.15, -0.1) is 0 Å². The van der Waals surface area contributed by atoms with Gasteiger partial charge in [0.25, 0.3) is 0 Å². The first kappa shape index (κ1) is 19.2. The minimum absolute atomic E-state index is 0.0963. The van der Waals surface area contributed by atoms with Gasteiger partial charge < -0.3 is 0 Å². The highest BCUT2D eigenvalue weighted by Crippen LogP contribution is 2.51. The summed E-state index contributed by atoms with van der Waals surface area (Å²) in [6.07, 6.45) is -7.91. The fourth-order valence-corrected chi connectivity index (χ4v) is 2.01. The van der Waals surface area contributed by atoms with Crippen molar-refractivity contribution in [1.82, 2.24) is 0 Å². The number of halogens is 7. The maximum Gasteiger partial charge on any atom is 0.459 e. The zero-order valence-corrected chi connectivity index (χ0v) is 11.2. The van der Waals surface area contributed by atoms with Gasteiger partial charge in [0.1, 0.15) is 11.7 Å². The third-order valence-electron chi connectivity index (χ3n) is 2.27. The molecule has 0 spiro atoms. The second kappa shape index (κ2) is 6.31. The van der Waals surface area contributed by atoms with Crippen molar-refractivity contribution in [1.29, 1.82) is 0 Å². The number of carbonyl (C=O) groups excluding carboxylic acids is 2. The molecule has 0 aliphatic heterocycles. The molecule has 0 heterocycles. The molecule has 20 heavy (non-hydrogen) atoms. The molecule has 0 bridgehead atoms. The maximum absolute atomic E-state index is 13.4. The van der Waals surface area contributed by atoms with E-state index in [4.69, 9.17) is 0 Å². The molecule has 118 valence electrons. The fourth-order valence-electron chi connectivity index (χ4n) is 1.30. The average molecular weight is 328 g/mol. The van der Waals surface area contributed by atoms with Crippen molar-refractivity contribution in [2.24, 2.45) is 5.92 Å². The Hall–Kier alpha value is -0.800. The summed E-state index contributed by atoms with van der Waals surface area (Å²) in [6, 6.07) is 0. The Morgan fingerprint density at radius 3 is 1.80 bits per heavy atom. The Labute approximate surface area is 114 Å². The summed E-state index contributed by atoms with van der Waals surface area (Å²) in [7, 11) is 0. The lowest BCUT2D eigenvalue weighted by molar-refractivity contribution is -0.362. The molecule has 0 aromatic heterocycles. The van der Waals surface area contributed by atoms with Crippen LogP contribution >= 0.6 is 11.8 Å². The molecule has 2 nitrogen and oxygen atoms in total. The first-order chi connectivity index (χ1) is 8.79. The topological polar surface area (TPSA) is 34.1 Å². The van der Waals surface area contributed by atoms with E-state index >= 15 is 0 Å². The Morgan fingerprint density at radius 2 is 1.50 bits per heavy atom. The van der Waals surface area contributed by atoms with Crippen LogP contribution in [-0.2, 0) is 9.59 Å². The van der Waals surface area contributed by atoms with Crippen molar-refractivity contribution in [3.8, 4) is 0 Å². The molecule has 0 aliphatic rings. The van der Waals surface area contributed by atoms with Crippen LogP contribution in [0.1, 0.15) is 20.3 Å². The predicted octanol–water partition coefficient (Wildman–Crippen LogP) is 3.69.